The molecule has 2 aromatic rings. The zero-order valence-corrected chi connectivity index (χ0v) is 53.5. The van der Waals surface area contributed by atoms with Gasteiger partial charge >= 0.3 is 24.2 Å². The van der Waals surface area contributed by atoms with Crippen molar-refractivity contribution in [2.75, 3.05) is 99.0 Å². The standard InChI is InChI=1S/C34H54ClN5O7.C30H48ClN3O6/c1-45-34(44)37-13-18-47-32(26-9-5-11-28(35)22-26)27-10-6-14-40(24-27)33(43)38-29(21-25-7-3-2-4-8-25)30(41)23-31(42)36-12-15-39-16-19-46-20-17-39;1-20(2)26(35)18-27(36)21(3)34(25-12-5-4-6-13-25)30(39)33-15-8-10-23(19-33)28(40-16-14-32-29(37)38)22-9-7-11-24(31)17-22/h5,9,11,22,25,27,29-30,32,41H,2-4,6-8,10,12-21,23-24H2,1H3,(H,36,42)(H,37,44)(H,38,43);7,9,11,17,20-21,23,25-28,32,35-36H,4-6,8,10,12-16,18-19H2,1-3H3,(H,37,38). The molecule has 3 aliphatic heterocycles. The molecule has 7 amide bonds. The number of urea groups is 2. The number of aliphatic hydroxyl groups is 3. The van der Waals surface area contributed by atoms with Crippen LogP contribution in [0.2, 0.25) is 10.0 Å². The van der Waals surface area contributed by atoms with E-state index in [4.69, 9.17) is 42.5 Å². The topological polar surface area (TPSA) is 264 Å². The molecule has 9 atom stereocenters. The van der Waals surface area contributed by atoms with Crippen LogP contribution in [0.15, 0.2) is 48.5 Å². The van der Waals surface area contributed by atoms with E-state index in [2.05, 4.69) is 30.9 Å². The first-order valence-electron chi connectivity index (χ1n) is 32.2. The smallest absolute Gasteiger partial charge is 0.406 e. The number of morpholine rings is 1. The molecular formula is C64H102Cl2N8O13. The minimum absolute atomic E-state index is 0.00260. The molecule has 5 aliphatic rings. The van der Waals surface area contributed by atoms with E-state index >= 15 is 0 Å². The fourth-order valence-electron chi connectivity index (χ4n) is 13.0. The third-order valence-corrected chi connectivity index (χ3v) is 18.5. The van der Waals surface area contributed by atoms with E-state index in [1.807, 2.05) is 73.0 Å². The Balaban J connectivity index is 0.000000282. The van der Waals surface area contributed by atoms with E-state index in [-0.39, 0.29) is 93.1 Å². The van der Waals surface area contributed by atoms with Crippen molar-refractivity contribution in [3.63, 3.8) is 0 Å². The van der Waals surface area contributed by atoms with Crippen LogP contribution in [-0.4, -0.2) is 206 Å². The van der Waals surface area contributed by atoms with Crippen molar-refractivity contribution in [1.29, 1.82) is 0 Å². The number of rotatable bonds is 27. The van der Waals surface area contributed by atoms with Gasteiger partial charge in [0.2, 0.25) is 5.91 Å². The number of hydrogen-bond acceptors (Lipinski definition) is 13. The van der Waals surface area contributed by atoms with Gasteiger partial charge in [-0.1, -0.05) is 113 Å². The van der Waals surface area contributed by atoms with Gasteiger partial charge < -0.3 is 75.3 Å². The van der Waals surface area contributed by atoms with Gasteiger partial charge in [0.05, 0.1) is 82.6 Å². The second-order valence-corrected chi connectivity index (χ2v) is 25.6. The van der Waals surface area contributed by atoms with Crippen LogP contribution < -0.4 is 21.3 Å². The summed E-state index contributed by atoms with van der Waals surface area (Å²) in [5.41, 5.74) is 1.81. The summed E-state index contributed by atoms with van der Waals surface area (Å²) in [5.74, 6) is 0.205. The Morgan fingerprint density at radius 3 is 1.80 bits per heavy atom. The predicted molar refractivity (Wildman–Crippen MR) is 335 cm³/mol. The van der Waals surface area contributed by atoms with Crippen LogP contribution in [0.3, 0.4) is 0 Å². The molecule has 7 rings (SSSR count). The number of likely N-dealkylation sites (tertiary alicyclic amines) is 2. The van der Waals surface area contributed by atoms with E-state index < -0.39 is 42.6 Å². The second-order valence-electron chi connectivity index (χ2n) is 24.7. The fourth-order valence-corrected chi connectivity index (χ4v) is 13.4. The van der Waals surface area contributed by atoms with Crippen LogP contribution in [-0.2, 0) is 23.7 Å². The first kappa shape index (κ1) is 71.4. The Labute approximate surface area is 526 Å². The van der Waals surface area contributed by atoms with Gasteiger partial charge in [-0.05, 0) is 99.1 Å². The van der Waals surface area contributed by atoms with Gasteiger partial charge in [-0.3, -0.25) is 9.69 Å². The molecule has 2 aliphatic carbocycles. The van der Waals surface area contributed by atoms with E-state index in [1.54, 1.807) is 11.0 Å². The summed E-state index contributed by atoms with van der Waals surface area (Å²) in [5, 5.41) is 54.0. The van der Waals surface area contributed by atoms with Gasteiger partial charge in [-0.2, -0.15) is 0 Å². The van der Waals surface area contributed by atoms with Gasteiger partial charge in [0, 0.05) is 99.8 Å². The largest absolute Gasteiger partial charge is 0.465 e. The minimum Gasteiger partial charge on any atom is -0.465 e. The minimum atomic E-state index is -1.10. The van der Waals surface area contributed by atoms with Gasteiger partial charge in [0.25, 0.3) is 0 Å². The zero-order chi connectivity index (χ0) is 62.7. The van der Waals surface area contributed by atoms with Gasteiger partial charge in [0.15, 0.2) is 0 Å². The predicted octanol–water partition coefficient (Wildman–Crippen LogP) is 9.00. The summed E-state index contributed by atoms with van der Waals surface area (Å²) in [6.07, 6.45) is 10.1. The number of nitrogens with zero attached hydrogens (tertiary/aromatic N) is 4. The summed E-state index contributed by atoms with van der Waals surface area (Å²) >= 11 is 12.6. The molecule has 0 spiro atoms. The average molecular weight is 1260 g/mol. The Hall–Kier alpha value is -4.71. The van der Waals surface area contributed by atoms with Crippen LogP contribution in [0.5, 0.6) is 0 Å². The lowest BCUT2D eigenvalue weighted by Crippen LogP contribution is -2.58. The number of halogens is 2. The number of alkyl carbamates (subject to hydrolysis) is 1. The summed E-state index contributed by atoms with van der Waals surface area (Å²) in [4.78, 5) is 71.1. The third kappa shape index (κ3) is 24.2. The van der Waals surface area contributed by atoms with Crippen LogP contribution in [0.25, 0.3) is 0 Å². The van der Waals surface area contributed by atoms with E-state index in [0.717, 1.165) is 114 Å². The average Bonchev–Trinajstić information content (AvgIpc) is 3.42. The van der Waals surface area contributed by atoms with E-state index in [9.17, 15) is 39.3 Å². The van der Waals surface area contributed by atoms with Crippen molar-refractivity contribution in [2.24, 2.45) is 23.7 Å². The lowest BCUT2D eigenvalue weighted by atomic mass is 9.83. The number of carbonyl (C=O) groups is 5. The molecular weight excluding hydrogens is 1160 g/mol. The van der Waals surface area contributed by atoms with Gasteiger partial charge in [-0.15, -0.1) is 0 Å². The SMILES string of the molecule is CC(C)C(O)CC(O)C(C)N(C(=O)N1CCCC(C(OCCNC(=O)O)c2cccc(Cl)c2)C1)C1CCCCC1.COC(=O)NCCOC(c1cccc(Cl)c1)C1CCCN(C(=O)NC(CC2CCCCC2)C(O)CC(=O)NCCN2CCOCC2)C1. The number of carbonyl (C=O) groups excluding carboxylic acids is 4. The molecule has 0 radical (unpaired) electrons. The van der Waals surface area contributed by atoms with Gasteiger partial charge in [-0.25, -0.2) is 19.2 Å². The van der Waals surface area contributed by atoms with Crippen LogP contribution >= 0.6 is 23.2 Å². The van der Waals surface area contributed by atoms with E-state index in [0.29, 0.717) is 68.3 Å². The number of aliphatic hydroxyl groups excluding tert-OH is 3. The number of amides is 7. The molecule has 2 saturated carbocycles. The number of benzene rings is 2. The molecule has 9 unspecified atom stereocenters. The number of ether oxygens (including phenoxy) is 4. The summed E-state index contributed by atoms with van der Waals surface area (Å²) in [7, 11) is 1.31. The monoisotopic (exact) mass is 1260 g/mol. The van der Waals surface area contributed by atoms with Crippen molar-refractivity contribution in [1.82, 2.24) is 40.9 Å². The molecule has 3 heterocycles. The normalized spacial score (nSPS) is 21.4. The van der Waals surface area contributed by atoms with Crippen molar-refractivity contribution < 1.29 is 63.3 Å². The Kier molecular flexibility index (Phi) is 31.2. The Morgan fingerprint density at radius 2 is 1.24 bits per heavy atom. The number of nitrogens with one attached hydrogen (secondary N) is 4. The molecule has 8 N–H and O–H groups in total. The molecule has 21 nitrogen and oxygen atoms in total. The summed E-state index contributed by atoms with van der Waals surface area (Å²) in [6.45, 7) is 13.2. The number of carboxylic acid groups (broad SMARTS) is 1. The van der Waals surface area contributed by atoms with Crippen molar-refractivity contribution >= 4 is 53.4 Å². The molecule has 0 bridgehead atoms. The highest BCUT2D eigenvalue weighted by Gasteiger charge is 2.40. The highest BCUT2D eigenvalue weighted by molar-refractivity contribution is 6.30. The molecule has 87 heavy (non-hydrogen) atoms. The number of methoxy groups -OCH3 is 1. The van der Waals surface area contributed by atoms with Gasteiger partial charge in [0.1, 0.15) is 0 Å². The van der Waals surface area contributed by atoms with Crippen LogP contribution in [0.4, 0.5) is 19.2 Å². The van der Waals surface area contributed by atoms with Crippen molar-refractivity contribution in [2.45, 2.75) is 179 Å². The van der Waals surface area contributed by atoms with Crippen molar-refractivity contribution in [3.05, 3.63) is 69.7 Å². The highest BCUT2D eigenvalue weighted by atomic mass is 35.5. The molecule has 5 fully saturated rings. The molecule has 490 valence electrons. The molecule has 3 saturated heterocycles. The Bertz CT molecular complexity index is 2380. The quantitative estimate of drug-likeness (QED) is 0.0388. The maximum Gasteiger partial charge on any atom is 0.406 e. The summed E-state index contributed by atoms with van der Waals surface area (Å²) < 4.78 is 22.6. The maximum absolute atomic E-state index is 14.2. The first-order valence-corrected chi connectivity index (χ1v) is 32.9. The third-order valence-electron chi connectivity index (χ3n) is 18.0. The lowest BCUT2D eigenvalue weighted by Gasteiger charge is -2.45. The lowest BCUT2D eigenvalue weighted by molar-refractivity contribution is -0.123. The maximum atomic E-state index is 14.2. The molecule has 2 aromatic carbocycles. The molecule has 23 heteroatoms. The van der Waals surface area contributed by atoms with Crippen molar-refractivity contribution in [3.8, 4) is 0 Å². The van der Waals surface area contributed by atoms with Crippen LogP contribution in [0.1, 0.15) is 153 Å². The second kappa shape index (κ2) is 38.1. The number of piperidine rings is 2. The first-order chi connectivity index (χ1) is 41.9. The number of hydrogen-bond donors (Lipinski definition) is 8. The Morgan fingerprint density at radius 1 is 0.678 bits per heavy atom. The van der Waals surface area contributed by atoms with Crippen LogP contribution in [0, 0.1) is 23.7 Å². The highest BCUT2D eigenvalue weighted by Crippen LogP contribution is 2.37. The summed E-state index contributed by atoms with van der Waals surface area (Å²) in [6, 6.07) is 13.8. The molecule has 0 aromatic heterocycles. The fraction of sp³-hybridized carbons (Fsp3) is 0.734. The van der Waals surface area contributed by atoms with E-state index in [1.165, 1.54) is 13.5 Å². The zero-order valence-electron chi connectivity index (χ0n) is 52.0.